The molecule has 2 unspecified atom stereocenters. The monoisotopic (exact) mass is 268 g/mol. The van der Waals surface area contributed by atoms with Crippen LogP contribution in [0.25, 0.3) is 0 Å². The molecule has 2 aliphatic rings. The largest absolute Gasteiger partial charge is 0.394 e. The second-order valence-corrected chi connectivity index (χ2v) is 6.38. The van der Waals surface area contributed by atoms with Gasteiger partial charge in [0.1, 0.15) is 0 Å². The predicted octanol–water partition coefficient (Wildman–Crippen LogP) is 0.520. The standard InChI is InChI=1S/C14H24N2O3/c1-9(2)16-7-10(6-12(16)18)13(19)15-14(3,8-17)11-4-5-11/h9-11,17H,4-8H2,1-3H3,(H,15,19). The van der Waals surface area contributed by atoms with Crippen molar-refractivity contribution in [3.05, 3.63) is 0 Å². The second kappa shape index (κ2) is 5.12. The van der Waals surface area contributed by atoms with E-state index >= 15 is 0 Å². The molecule has 0 spiro atoms. The maximum absolute atomic E-state index is 12.3. The third kappa shape index (κ3) is 2.91. The zero-order valence-electron chi connectivity index (χ0n) is 12.0. The van der Waals surface area contributed by atoms with Crippen LogP contribution in [0.3, 0.4) is 0 Å². The number of aliphatic hydroxyl groups excluding tert-OH is 1. The van der Waals surface area contributed by atoms with Crippen molar-refractivity contribution in [2.75, 3.05) is 13.2 Å². The highest BCUT2D eigenvalue weighted by Crippen LogP contribution is 2.39. The Bertz CT molecular complexity index is 379. The van der Waals surface area contributed by atoms with Crippen molar-refractivity contribution >= 4 is 11.8 Å². The summed E-state index contributed by atoms with van der Waals surface area (Å²) in [5, 5.41) is 12.4. The van der Waals surface area contributed by atoms with Crippen LogP contribution in [0, 0.1) is 11.8 Å². The first-order valence-corrected chi connectivity index (χ1v) is 7.09. The van der Waals surface area contributed by atoms with Gasteiger partial charge in [-0.05, 0) is 39.5 Å². The van der Waals surface area contributed by atoms with Crippen LogP contribution in [0.15, 0.2) is 0 Å². The van der Waals surface area contributed by atoms with Crippen molar-refractivity contribution in [2.24, 2.45) is 11.8 Å². The normalized spacial score (nSPS) is 26.7. The third-order valence-electron chi connectivity index (χ3n) is 4.37. The van der Waals surface area contributed by atoms with Gasteiger partial charge in [0.05, 0.1) is 18.1 Å². The molecule has 2 fully saturated rings. The second-order valence-electron chi connectivity index (χ2n) is 6.38. The Morgan fingerprint density at radius 2 is 2.16 bits per heavy atom. The molecule has 1 saturated heterocycles. The summed E-state index contributed by atoms with van der Waals surface area (Å²) in [5.74, 6) is 0.0477. The van der Waals surface area contributed by atoms with E-state index in [-0.39, 0.29) is 36.8 Å². The van der Waals surface area contributed by atoms with Gasteiger partial charge in [0.25, 0.3) is 0 Å². The number of aliphatic hydroxyl groups is 1. The van der Waals surface area contributed by atoms with Crippen LogP contribution in [-0.2, 0) is 9.59 Å². The van der Waals surface area contributed by atoms with Crippen LogP contribution < -0.4 is 5.32 Å². The summed E-state index contributed by atoms with van der Waals surface area (Å²) < 4.78 is 0. The highest BCUT2D eigenvalue weighted by molar-refractivity contribution is 5.89. The summed E-state index contributed by atoms with van der Waals surface area (Å²) in [6.07, 6.45) is 2.40. The Hall–Kier alpha value is -1.10. The van der Waals surface area contributed by atoms with E-state index in [9.17, 15) is 14.7 Å². The molecule has 2 atom stereocenters. The molecule has 108 valence electrons. The van der Waals surface area contributed by atoms with Crippen LogP contribution in [0.5, 0.6) is 0 Å². The summed E-state index contributed by atoms with van der Waals surface area (Å²) in [5.41, 5.74) is -0.522. The lowest BCUT2D eigenvalue weighted by molar-refractivity contribution is -0.130. The minimum atomic E-state index is -0.522. The van der Waals surface area contributed by atoms with Crippen molar-refractivity contribution in [3.8, 4) is 0 Å². The van der Waals surface area contributed by atoms with Gasteiger partial charge in [-0.25, -0.2) is 0 Å². The SMILES string of the molecule is CC(C)N1CC(C(=O)NC(C)(CO)C2CC2)CC1=O. The molecule has 0 bridgehead atoms. The van der Waals surface area contributed by atoms with Gasteiger partial charge in [0, 0.05) is 19.0 Å². The fourth-order valence-corrected chi connectivity index (χ4v) is 2.78. The number of amides is 2. The first kappa shape index (κ1) is 14.3. The Morgan fingerprint density at radius 1 is 1.53 bits per heavy atom. The molecule has 5 heteroatoms. The molecule has 1 saturated carbocycles. The fraction of sp³-hybridized carbons (Fsp3) is 0.857. The minimum absolute atomic E-state index is 0.0437. The van der Waals surface area contributed by atoms with Crippen molar-refractivity contribution in [1.29, 1.82) is 0 Å². The lowest BCUT2D eigenvalue weighted by Gasteiger charge is -2.30. The minimum Gasteiger partial charge on any atom is -0.394 e. The molecule has 19 heavy (non-hydrogen) atoms. The van der Waals surface area contributed by atoms with Gasteiger partial charge >= 0.3 is 0 Å². The first-order chi connectivity index (χ1) is 8.87. The van der Waals surface area contributed by atoms with Crippen LogP contribution in [0.1, 0.15) is 40.0 Å². The highest BCUT2D eigenvalue weighted by atomic mass is 16.3. The van der Waals surface area contributed by atoms with Gasteiger partial charge in [0.15, 0.2) is 0 Å². The molecule has 1 aliphatic carbocycles. The van der Waals surface area contributed by atoms with Crippen molar-refractivity contribution < 1.29 is 14.7 Å². The smallest absolute Gasteiger partial charge is 0.225 e. The van der Waals surface area contributed by atoms with Gasteiger partial charge in [-0.1, -0.05) is 0 Å². The summed E-state index contributed by atoms with van der Waals surface area (Å²) in [6.45, 7) is 6.26. The van der Waals surface area contributed by atoms with Crippen LogP contribution in [0.4, 0.5) is 0 Å². The van der Waals surface area contributed by atoms with Gasteiger partial charge in [-0.15, -0.1) is 0 Å². The van der Waals surface area contributed by atoms with Crippen molar-refractivity contribution in [1.82, 2.24) is 10.2 Å². The van der Waals surface area contributed by atoms with Gasteiger partial charge in [-0.2, -0.15) is 0 Å². The number of hydrogen-bond donors (Lipinski definition) is 2. The van der Waals surface area contributed by atoms with E-state index < -0.39 is 5.54 Å². The number of nitrogens with zero attached hydrogens (tertiary/aromatic N) is 1. The van der Waals surface area contributed by atoms with E-state index in [2.05, 4.69) is 5.32 Å². The zero-order chi connectivity index (χ0) is 14.2. The molecule has 1 aliphatic heterocycles. The van der Waals surface area contributed by atoms with Gasteiger partial charge in [-0.3, -0.25) is 9.59 Å². The van der Waals surface area contributed by atoms with Crippen LogP contribution in [-0.4, -0.2) is 46.6 Å². The lowest BCUT2D eigenvalue weighted by Crippen LogP contribution is -2.52. The highest BCUT2D eigenvalue weighted by Gasteiger charge is 2.44. The number of hydrogen-bond acceptors (Lipinski definition) is 3. The van der Waals surface area contributed by atoms with E-state index in [0.29, 0.717) is 12.5 Å². The molecular weight excluding hydrogens is 244 g/mol. The quantitative estimate of drug-likeness (QED) is 0.764. The van der Waals surface area contributed by atoms with Crippen LogP contribution >= 0.6 is 0 Å². The Balaban J connectivity index is 1.96. The van der Waals surface area contributed by atoms with E-state index in [0.717, 1.165) is 12.8 Å². The van der Waals surface area contributed by atoms with Gasteiger partial charge < -0.3 is 15.3 Å². The van der Waals surface area contributed by atoms with E-state index in [1.807, 2.05) is 20.8 Å². The first-order valence-electron chi connectivity index (χ1n) is 7.09. The molecule has 2 N–H and O–H groups in total. The van der Waals surface area contributed by atoms with Crippen molar-refractivity contribution in [2.45, 2.75) is 51.6 Å². The number of rotatable bonds is 5. The summed E-state index contributed by atoms with van der Waals surface area (Å²) >= 11 is 0. The number of carbonyl (C=O) groups is 2. The molecule has 0 radical (unpaired) electrons. The molecule has 0 aromatic carbocycles. The Morgan fingerprint density at radius 3 is 2.58 bits per heavy atom. The third-order valence-corrected chi connectivity index (χ3v) is 4.37. The summed E-state index contributed by atoms with van der Waals surface area (Å²) in [4.78, 5) is 25.8. The van der Waals surface area contributed by atoms with E-state index in [4.69, 9.17) is 0 Å². The number of nitrogens with one attached hydrogen (secondary N) is 1. The lowest BCUT2D eigenvalue weighted by atomic mass is 9.95. The molecular formula is C14H24N2O3. The predicted molar refractivity (Wildman–Crippen MR) is 71.3 cm³/mol. The van der Waals surface area contributed by atoms with Gasteiger partial charge in [0.2, 0.25) is 11.8 Å². The van der Waals surface area contributed by atoms with Crippen LogP contribution in [0.2, 0.25) is 0 Å². The number of carbonyl (C=O) groups excluding carboxylic acids is 2. The number of likely N-dealkylation sites (tertiary alicyclic amines) is 1. The molecule has 2 amide bonds. The molecule has 5 nitrogen and oxygen atoms in total. The topological polar surface area (TPSA) is 69.6 Å². The summed E-state index contributed by atoms with van der Waals surface area (Å²) in [7, 11) is 0. The summed E-state index contributed by atoms with van der Waals surface area (Å²) in [6, 6.07) is 0.137. The Labute approximate surface area is 114 Å². The molecule has 2 rings (SSSR count). The average molecular weight is 268 g/mol. The maximum atomic E-state index is 12.3. The maximum Gasteiger partial charge on any atom is 0.225 e. The fourth-order valence-electron chi connectivity index (χ4n) is 2.78. The van der Waals surface area contributed by atoms with E-state index in [1.165, 1.54) is 0 Å². The molecule has 1 heterocycles. The van der Waals surface area contributed by atoms with E-state index in [1.54, 1.807) is 4.90 Å². The molecule has 0 aromatic rings. The molecule has 0 aromatic heterocycles. The Kier molecular flexibility index (Phi) is 3.85. The zero-order valence-corrected chi connectivity index (χ0v) is 12.0. The average Bonchev–Trinajstić information content (AvgIpc) is 3.12. The van der Waals surface area contributed by atoms with Crippen molar-refractivity contribution in [3.63, 3.8) is 0 Å².